The van der Waals surface area contributed by atoms with E-state index < -0.39 is 5.60 Å². The highest BCUT2D eigenvalue weighted by Gasteiger charge is 2.89. The molecular weight excluding hydrogens is 424 g/mol. The Morgan fingerprint density at radius 2 is 1.56 bits per heavy atom. The number of esters is 1. The summed E-state index contributed by atoms with van der Waals surface area (Å²) < 4.78 is 13.6. The lowest BCUT2D eigenvalue weighted by Crippen LogP contribution is -2.74. The minimum Gasteiger partial charge on any atom is -0.455 e. The molecule has 11 atom stereocenters. The number of hydrogen-bond acceptors (Lipinski definition) is 4. The van der Waals surface area contributed by atoms with Crippen LogP contribution in [0, 0.1) is 50.2 Å². The van der Waals surface area contributed by atoms with Gasteiger partial charge < -0.3 is 14.6 Å². The first kappa shape index (κ1) is 22.6. The van der Waals surface area contributed by atoms with Crippen molar-refractivity contribution in [1.29, 1.82) is 0 Å². The molecule has 0 amide bonds. The number of carbonyl (C=O) groups excluding carboxylic acids is 1. The van der Waals surface area contributed by atoms with Gasteiger partial charge in [0.05, 0.1) is 17.6 Å². The third kappa shape index (κ3) is 2.10. The maximum Gasteiger partial charge on any atom is 0.313 e. The van der Waals surface area contributed by atoms with Gasteiger partial charge in [0.2, 0.25) is 0 Å². The van der Waals surface area contributed by atoms with E-state index in [9.17, 15) is 9.90 Å². The average molecular weight is 471 g/mol. The summed E-state index contributed by atoms with van der Waals surface area (Å²) in [7, 11) is 0. The quantitative estimate of drug-likeness (QED) is 0.354. The maximum atomic E-state index is 13.8. The Balaban J connectivity index is 1.38. The summed E-state index contributed by atoms with van der Waals surface area (Å²) in [5.41, 5.74) is -0.373. The van der Waals surface area contributed by atoms with Gasteiger partial charge in [-0.05, 0) is 91.3 Å². The van der Waals surface area contributed by atoms with E-state index in [2.05, 4.69) is 48.5 Å². The predicted octanol–water partition coefficient (Wildman–Crippen LogP) is 5.90. The number of aliphatic hydroxyl groups excluding tert-OH is 1. The molecule has 2 aliphatic heterocycles. The number of aliphatic hydroxyl groups is 1. The number of fused-ring (bicyclic) bond motifs is 6. The molecule has 4 nitrogen and oxygen atoms in total. The van der Waals surface area contributed by atoms with Crippen LogP contribution < -0.4 is 0 Å². The lowest BCUT2D eigenvalue weighted by atomic mass is 9.31. The topological polar surface area (TPSA) is 59.1 Å². The molecule has 7 rings (SSSR count). The van der Waals surface area contributed by atoms with Crippen molar-refractivity contribution in [3.63, 3.8) is 0 Å². The summed E-state index contributed by atoms with van der Waals surface area (Å²) in [6, 6.07) is 0. The summed E-state index contributed by atoms with van der Waals surface area (Å²) in [6.07, 6.45) is 9.60. The SMILES string of the molecule is CC1(C)CC[C@@]23CC[C@]4(C)[C@@](OC2=O)([C@@H]3C1)[C@H]1O[C@H]1[C@@H]1[C@@]2(C)CC[C@H](O)C(C)(C)[C@@H]2CC[C@]14C. The molecule has 5 aliphatic carbocycles. The Morgan fingerprint density at radius 1 is 0.853 bits per heavy atom. The van der Waals surface area contributed by atoms with Crippen molar-refractivity contribution in [2.24, 2.45) is 50.2 Å². The zero-order valence-electron chi connectivity index (χ0n) is 22.5. The van der Waals surface area contributed by atoms with Crippen LogP contribution in [-0.2, 0) is 14.3 Å². The van der Waals surface area contributed by atoms with Gasteiger partial charge >= 0.3 is 5.97 Å². The third-order valence-electron chi connectivity index (χ3n) is 14.2. The van der Waals surface area contributed by atoms with Gasteiger partial charge in [-0.2, -0.15) is 0 Å². The van der Waals surface area contributed by atoms with Crippen molar-refractivity contribution in [3.8, 4) is 0 Å². The van der Waals surface area contributed by atoms with Gasteiger partial charge in [0.1, 0.15) is 6.10 Å². The molecule has 0 unspecified atom stereocenters. The molecule has 7 fully saturated rings. The van der Waals surface area contributed by atoms with Crippen molar-refractivity contribution in [2.75, 3.05) is 0 Å². The Bertz CT molecular complexity index is 971. The van der Waals surface area contributed by atoms with Crippen molar-refractivity contribution in [1.82, 2.24) is 0 Å². The fraction of sp³-hybridized carbons (Fsp3) is 0.967. The number of rotatable bonds is 0. The number of hydrogen-bond donors (Lipinski definition) is 1. The Labute approximate surface area is 205 Å². The second-order valence-corrected chi connectivity index (χ2v) is 16.0. The molecule has 0 aromatic heterocycles. The second-order valence-electron chi connectivity index (χ2n) is 16.0. The summed E-state index contributed by atoms with van der Waals surface area (Å²) in [5.74, 6) is 1.37. The fourth-order valence-electron chi connectivity index (χ4n) is 12.1. The van der Waals surface area contributed by atoms with Crippen LogP contribution in [0.15, 0.2) is 0 Å². The molecule has 1 N–H and O–H groups in total. The molecular formula is C30H46O4. The maximum absolute atomic E-state index is 13.8. The molecule has 0 radical (unpaired) electrons. The average Bonchev–Trinajstić information content (AvgIpc) is 3.49. The minimum atomic E-state index is -0.456. The van der Waals surface area contributed by atoms with Crippen LogP contribution in [-0.4, -0.2) is 35.0 Å². The highest BCUT2D eigenvalue weighted by atomic mass is 16.6. The van der Waals surface area contributed by atoms with E-state index in [1.807, 2.05) is 0 Å². The van der Waals surface area contributed by atoms with Crippen LogP contribution in [0.1, 0.15) is 106 Å². The normalized spacial score (nSPS) is 62.3. The molecule has 5 saturated carbocycles. The summed E-state index contributed by atoms with van der Waals surface area (Å²) >= 11 is 0. The van der Waals surface area contributed by atoms with Crippen LogP contribution in [0.2, 0.25) is 0 Å². The Kier molecular flexibility index (Phi) is 3.93. The van der Waals surface area contributed by atoms with Gasteiger partial charge in [-0.1, -0.05) is 48.5 Å². The zero-order chi connectivity index (χ0) is 24.3. The van der Waals surface area contributed by atoms with E-state index in [0.717, 1.165) is 57.8 Å². The predicted molar refractivity (Wildman–Crippen MR) is 130 cm³/mol. The summed E-state index contributed by atoms with van der Waals surface area (Å²) in [6.45, 7) is 17.0. The Hall–Kier alpha value is -0.610. The Morgan fingerprint density at radius 3 is 2.29 bits per heavy atom. The van der Waals surface area contributed by atoms with E-state index in [1.54, 1.807) is 0 Å². The first-order chi connectivity index (χ1) is 15.7. The lowest BCUT2D eigenvalue weighted by molar-refractivity contribution is -0.274. The van der Waals surface area contributed by atoms with Crippen molar-refractivity contribution in [2.45, 2.75) is 130 Å². The van der Waals surface area contributed by atoms with Crippen LogP contribution in [0.5, 0.6) is 0 Å². The standard InChI is InChI=1S/C30H46O4/c1-24(2)12-14-29-15-13-28(7)27(6)11-8-17-25(3,4)19(31)9-10-26(17,5)21(27)20-22(33-20)30(28,18(29)16-24)34-23(29)32/h17-22,31H,8-16H2,1-7H3/t17-,18+,19-,20-,21+,22-,26-,27+,28-,29-,30+/m0/s1. The molecule has 34 heavy (non-hydrogen) atoms. The van der Waals surface area contributed by atoms with Gasteiger partial charge in [-0.25, -0.2) is 0 Å². The molecule has 1 spiro atoms. The summed E-state index contributed by atoms with van der Waals surface area (Å²) in [5, 5.41) is 11.0. The van der Waals surface area contributed by atoms with Crippen molar-refractivity contribution in [3.05, 3.63) is 0 Å². The van der Waals surface area contributed by atoms with Crippen molar-refractivity contribution >= 4 is 5.97 Å². The molecule has 2 saturated heterocycles. The van der Waals surface area contributed by atoms with Crippen LogP contribution >= 0.6 is 0 Å². The van der Waals surface area contributed by atoms with E-state index in [-0.39, 0.29) is 62.7 Å². The van der Waals surface area contributed by atoms with Gasteiger partial charge in [-0.15, -0.1) is 0 Å². The molecule has 4 heteroatoms. The first-order valence-electron chi connectivity index (χ1n) is 14.3. The highest BCUT2D eigenvalue weighted by molar-refractivity contribution is 5.82. The first-order valence-corrected chi connectivity index (χ1v) is 14.3. The number of ether oxygens (including phenoxy) is 2. The van der Waals surface area contributed by atoms with E-state index >= 15 is 0 Å². The number of carbonyl (C=O) groups is 1. The van der Waals surface area contributed by atoms with Crippen LogP contribution in [0.4, 0.5) is 0 Å². The fourth-order valence-corrected chi connectivity index (χ4v) is 12.1. The van der Waals surface area contributed by atoms with Gasteiger partial charge in [0.15, 0.2) is 5.60 Å². The van der Waals surface area contributed by atoms with E-state index in [1.165, 1.54) is 0 Å². The van der Waals surface area contributed by atoms with Gasteiger partial charge in [0, 0.05) is 11.3 Å². The van der Waals surface area contributed by atoms with Crippen molar-refractivity contribution < 1.29 is 19.4 Å². The zero-order valence-corrected chi connectivity index (χ0v) is 22.5. The molecule has 0 aromatic carbocycles. The smallest absolute Gasteiger partial charge is 0.313 e. The number of epoxide rings is 1. The lowest BCUT2D eigenvalue weighted by Gasteiger charge is -2.72. The molecule has 190 valence electrons. The van der Waals surface area contributed by atoms with Crippen LogP contribution in [0.25, 0.3) is 0 Å². The molecule has 2 bridgehead atoms. The van der Waals surface area contributed by atoms with Gasteiger partial charge in [-0.3, -0.25) is 4.79 Å². The van der Waals surface area contributed by atoms with E-state index in [0.29, 0.717) is 11.8 Å². The molecule has 0 aromatic rings. The van der Waals surface area contributed by atoms with Crippen LogP contribution in [0.3, 0.4) is 0 Å². The molecule has 7 aliphatic rings. The monoisotopic (exact) mass is 470 g/mol. The highest BCUT2D eigenvalue weighted by Crippen LogP contribution is 2.83. The summed E-state index contributed by atoms with van der Waals surface area (Å²) in [4.78, 5) is 13.8. The van der Waals surface area contributed by atoms with E-state index in [4.69, 9.17) is 9.47 Å². The largest absolute Gasteiger partial charge is 0.455 e. The molecule has 2 heterocycles. The minimum absolute atomic E-state index is 0.0612. The third-order valence-corrected chi connectivity index (χ3v) is 14.2. The second kappa shape index (κ2) is 5.93. The van der Waals surface area contributed by atoms with Gasteiger partial charge in [0.25, 0.3) is 0 Å².